The molecule has 9 heteroatoms. The second kappa shape index (κ2) is 17.7. The molecule has 0 unspecified atom stereocenters. The number of hydrogen-bond acceptors (Lipinski definition) is 6. The Balaban J connectivity index is 3.64. The van der Waals surface area contributed by atoms with Crippen LogP contribution in [0.15, 0.2) is 36.5 Å². The van der Waals surface area contributed by atoms with E-state index in [1.54, 1.807) is 0 Å². The normalized spacial score (nSPS) is 22.9. The van der Waals surface area contributed by atoms with Gasteiger partial charge in [-0.1, -0.05) is 98.8 Å². The standard InChI is InChI=1S/C38H72O6Si3/c1-36(2,3)45(11,12)42-30(23-19-17-21-25-35(40)41-10)26-27-32-31(24-20-18-22-28-39)33(43-46(13,14)37(4,5)6)29-34(32)44-47(15,16)38(7,8)9/h17-20,26-28,30-34H,21-25,29H2,1-16H3/b19-17-,20-18-,27-26+/t30-,31+,32-,33+,34-/m0/s1. The lowest BCUT2D eigenvalue weighted by Crippen LogP contribution is -2.45. The van der Waals surface area contributed by atoms with Gasteiger partial charge in [0.1, 0.15) is 6.29 Å². The predicted octanol–water partition coefficient (Wildman–Crippen LogP) is 10.8. The van der Waals surface area contributed by atoms with Crippen molar-refractivity contribution in [3.8, 4) is 0 Å². The van der Waals surface area contributed by atoms with Gasteiger partial charge in [0, 0.05) is 18.8 Å². The van der Waals surface area contributed by atoms with Gasteiger partial charge in [0.15, 0.2) is 25.0 Å². The molecule has 1 aliphatic rings. The summed E-state index contributed by atoms with van der Waals surface area (Å²) in [5.41, 5.74) is 0. The average Bonchev–Trinajstić information content (AvgIpc) is 3.20. The van der Waals surface area contributed by atoms with E-state index in [1.807, 2.05) is 6.08 Å². The molecule has 1 saturated carbocycles. The molecular formula is C38H72O6Si3. The number of esters is 1. The van der Waals surface area contributed by atoms with Gasteiger partial charge in [0.05, 0.1) is 25.4 Å². The predicted molar refractivity (Wildman–Crippen MR) is 206 cm³/mol. The first-order valence-corrected chi connectivity index (χ1v) is 26.5. The third kappa shape index (κ3) is 13.6. The number of allylic oxidation sites excluding steroid dienone is 3. The highest BCUT2D eigenvalue weighted by molar-refractivity contribution is 6.75. The minimum Gasteiger partial charge on any atom is -0.469 e. The van der Waals surface area contributed by atoms with Crippen LogP contribution in [-0.4, -0.2) is 62.6 Å². The van der Waals surface area contributed by atoms with Crippen molar-refractivity contribution in [3.05, 3.63) is 36.5 Å². The van der Waals surface area contributed by atoms with E-state index in [2.05, 4.69) is 132 Å². The van der Waals surface area contributed by atoms with Crippen LogP contribution in [0, 0.1) is 11.8 Å². The van der Waals surface area contributed by atoms with Crippen LogP contribution in [0.4, 0.5) is 0 Å². The van der Waals surface area contributed by atoms with Gasteiger partial charge in [0.2, 0.25) is 0 Å². The second-order valence-electron chi connectivity index (χ2n) is 18.0. The molecule has 0 heterocycles. The molecule has 0 amide bonds. The maximum Gasteiger partial charge on any atom is 0.305 e. The van der Waals surface area contributed by atoms with Crippen molar-refractivity contribution in [2.45, 2.75) is 174 Å². The minimum atomic E-state index is -2.09. The van der Waals surface area contributed by atoms with Gasteiger partial charge in [0.25, 0.3) is 0 Å². The number of hydrogen-bond donors (Lipinski definition) is 0. The van der Waals surface area contributed by atoms with E-state index in [-0.39, 0.29) is 51.2 Å². The van der Waals surface area contributed by atoms with Crippen molar-refractivity contribution in [2.24, 2.45) is 11.8 Å². The van der Waals surface area contributed by atoms with Crippen LogP contribution in [0.5, 0.6) is 0 Å². The van der Waals surface area contributed by atoms with Crippen molar-refractivity contribution in [2.75, 3.05) is 7.11 Å². The Morgan fingerprint density at radius 2 is 1.30 bits per heavy atom. The molecule has 0 N–H and O–H groups in total. The molecule has 1 fully saturated rings. The summed E-state index contributed by atoms with van der Waals surface area (Å²) >= 11 is 0. The summed E-state index contributed by atoms with van der Waals surface area (Å²) in [7, 11) is -4.80. The lowest BCUT2D eigenvalue weighted by atomic mass is 9.89. The maximum absolute atomic E-state index is 11.6. The van der Waals surface area contributed by atoms with E-state index in [0.717, 1.165) is 25.5 Å². The summed E-state index contributed by atoms with van der Waals surface area (Å²) in [4.78, 5) is 22.8. The number of rotatable bonds is 17. The molecule has 0 spiro atoms. The zero-order chi connectivity index (χ0) is 36.5. The molecule has 0 bridgehead atoms. The van der Waals surface area contributed by atoms with Gasteiger partial charge in [-0.15, -0.1) is 0 Å². The van der Waals surface area contributed by atoms with E-state index in [4.69, 9.17) is 18.0 Å². The molecule has 0 aromatic carbocycles. The van der Waals surface area contributed by atoms with Crippen LogP contribution in [0.3, 0.4) is 0 Å². The Morgan fingerprint density at radius 3 is 1.79 bits per heavy atom. The lowest BCUT2D eigenvalue weighted by molar-refractivity contribution is -0.140. The first-order valence-electron chi connectivity index (χ1n) is 17.8. The third-order valence-corrected chi connectivity index (χ3v) is 24.8. The Labute approximate surface area is 292 Å². The minimum absolute atomic E-state index is 0.0375. The smallest absolute Gasteiger partial charge is 0.305 e. The number of aldehydes is 1. The van der Waals surface area contributed by atoms with Gasteiger partial charge < -0.3 is 22.8 Å². The van der Waals surface area contributed by atoms with Crippen LogP contribution in [0.1, 0.15) is 101 Å². The fourth-order valence-electron chi connectivity index (χ4n) is 5.06. The molecule has 0 saturated heterocycles. The molecule has 0 aliphatic heterocycles. The zero-order valence-corrected chi connectivity index (χ0v) is 36.1. The van der Waals surface area contributed by atoms with Crippen LogP contribution < -0.4 is 0 Å². The van der Waals surface area contributed by atoms with Crippen molar-refractivity contribution in [1.29, 1.82) is 0 Å². The SMILES string of the molecule is COC(=O)CC/C=C\C[C@@H](/C=C/[C@H]1[C@@H](C/C=C\CC=O)[C@H](O[Si](C)(C)C(C)(C)C)C[C@@H]1O[Si](C)(C)C(C)(C)C)O[Si](C)(C)C(C)(C)C. The van der Waals surface area contributed by atoms with E-state index in [0.29, 0.717) is 19.3 Å². The molecule has 1 aliphatic carbocycles. The summed E-state index contributed by atoms with van der Waals surface area (Å²) in [5.74, 6) is 0.177. The molecule has 6 nitrogen and oxygen atoms in total. The van der Waals surface area contributed by atoms with Gasteiger partial charge in [-0.3, -0.25) is 4.79 Å². The van der Waals surface area contributed by atoms with Gasteiger partial charge in [-0.25, -0.2) is 0 Å². The maximum atomic E-state index is 11.6. The summed E-state index contributed by atoms with van der Waals surface area (Å²) in [6.07, 6.45) is 17.9. The fourth-order valence-corrected chi connectivity index (χ4v) is 9.09. The van der Waals surface area contributed by atoms with Crippen LogP contribution in [0.2, 0.25) is 54.4 Å². The van der Waals surface area contributed by atoms with E-state index >= 15 is 0 Å². The number of ether oxygens (including phenoxy) is 1. The first kappa shape index (κ1) is 43.9. The summed E-state index contributed by atoms with van der Waals surface area (Å²) < 4.78 is 26.3. The highest BCUT2D eigenvalue weighted by Gasteiger charge is 2.50. The molecule has 47 heavy (non-hydrogen) atoms. The van der Waals surface area contributed by atoms with Crippen LogP contribution in [0.25, 0.3) is 0 Å². The van der Waals surface area contributed by atoms with Gasteiger partial charge >= 0.3 is 5.97 Å². The number of carbonyl (C=O) groups is 2. The second-order valence-corrected chi connectivity index (χ2v) is 32.3. The average molecular weight is 709 g/mol. The third-order valence-electron chi connectivity index (χ3n) is 11.3. The van der Waals surface area contributed by atoms with Crippen molar-refractivity contribution in [3.63, 3.8) is 0 Å². The zero-order valence-electron chi connectivity index (χ0n) is 33.1. The van der Waals surface area contributed by atoms with E-state index in [9.17, 15) is 9.59 Å². The largest absolute Gasteiger partial charge is 0.469 e. The van der Waals surface area contributed by atoms with Gasteiger partial charge in [-0.2, -0.15) is 0 Å². The highest BCUT2D eigenvalue weighted by Crippen LogP contribution is 2.48. The molecule has 0 aromatic heterocycles. The fraction of sp³-hybridized carbons (Fsp3) is 0.789. The number of carbonyl (C=O) groups excluding carboxylic acids is 2. The first-order chi connectivity index (χ1) is 21.3. The monoisotopic (exact) mass is 708 g/mol. The summed E-state index contributed by atoms with van der Waals surface area (Å²) in [6.45, 7) is 34.6. The summed E-state index contributed by atoms with van der Waals surface area (Å²) in [6, 6.07) is 0. The summed E-state index contributed by atoms with van der Waals surface area (Å²) in [5, 5.41) is 0.252. The van der Waals surface area contributed by atoms with Crippen LogP contribution in [-0.2, 0) is 27.6 Å². The quantitative estimate of drug-likeness (QED) is 0.0648. The van der Waals surface area contributed by atoms with E-state index in [1.165, 1.54) is 7.11 Å². The van der Waals surface area contributed by atoms with Crippen molar-refractivity contribution in [1.82, 2.24) is 0 Å². The Hall–Kier alpha value is -1.11. The molecule has 272 valence electrons. The molecular weight excluding hydrogens is 637 g/mol. The molecule has 5 atom stereocenters. The van der Waals surface area contributed by atoms with Crippen LogP contribution >= 0.6 is 0 Å². The highest BCUT2D eigenvalue weighted by atomic mass is 28.4. The van der Waals surface area contributed by atoms with Gasteiger partial charge in [-0.05, 0) is 86.0 Å². The number of methoxy groups -OCH3 is 1. The van der Waals surface area contributed by atoms with Crippen molar-refractivity contribution < 1.29 is 27.6 Å². The lowest BCUT2D eigenvalue weighted by Gasteiger charge is -2.40. The van der Waals surface area contributed by atoms with Crippen molar-refractivity contribution >= 4 is 37.2 Å². The Kier molecular flexibility index (Phi) is 16.5. The molecule has 1 rings (SSSR count). The molecule has 0 aromatic rings. The molecule has 0 radical (unpaired) electrons. The topological polar surface area (TPSA) is 71.1 Å². The Bertz CT molecular complexity index is 1070. The van der Waals surface area contributed by atoms with E-state index < -0.39 is 25.0 Å². The Morgan fingerprint density at radius 1 is 0.766 bits per heavy atom.